The monoisotopic (exact) mass is 449 g/mol. The first-order valence-electron chi connectivity index (χ1n) is 10.0. The van der Waals surface area contributed by atoms with Gasteiger partial charge in [0.15, 0.2) is 0 Å². The highest BCUT2D eigenvalue weighted by molar-refractivity contribution is 7.79. The van der Waals surface area contributed by atoms with Crippen LogP contribution in [-0.2, 0) is 10.4 Å². The average molecular weight is 450 g/mol. The molecule has 29 heavy (non-hydrogen) atoms. The molecule has 0 aromatic carbocycles. The zero-order valence-corrected chi connectivity index (χ0v) is 19.5. The summed E-state index contributed by atoms with van der Waals surface area (Å²) in [5, 5.41) is 27.6. The molecule has 1 unspecified atom stereocenters. The Hall–Kier alpha value is -0.370. The summed E-state index contributed by atoms with van der Waals surface area (Å²) in [6, 6.07) is 0.0772. The standard InChI is InChI=1S/C18H39NO3.2H3N.H2O4S/c1-2-3-4-5-6-7-8-9-10-11-12-18(17-22)19(13-15-20)14-16-21;;;1-5(2,3)4/h18,20-22H,2-17H2,1H3;2*1H3;(H2,1,2,3,4). The van der Waals surface area contributed by atoms with Gasteiger partial charge in [-0.05, 0) is 6.42 Å². The van der Waals surface area contributed by atoms with E-state index in [1.807, 2.05) is 4.90 Å². The molecule has 182 valence electrons. The summed E-state index contributed by atoms with van der Waals surface area (Å²) in [4.78, 5) is 1.99. The smallest absolute Gasteiger partial charge is 0.0586 e. The largest absolute Gasteiger partial charge is 0.759 e. The van der Waals surface area contributed by atoms with Gasteiger partial charge in [-0.15, -0.1) is 0 Å². The maximum absolute atomic E-state index is 9.49. The molecule has 0 bridgehead atoms. The molecule has 0 aliphatic heterocycles. The number of aliphatic hydroxyl groups is 3. The number of quaternary nitrogens is 2. The summed E-state index contributed by atoms with van der Waals surface area (Å²) in [5.41, 5.74) is 0. The van der Waals surface area contributed by atoms with Crippen molar-refractivity contribution in [2.45, 2.75) is 83.6 Å². The van der Waals surface area contributed by atoms with Crippen LogP contribution in [0, 0.1) is 0 Å². The molecule has 0 aromatic heterocycles. The molecule has 0 heterocycles. The Labute approximate surface area is 177 Å². The van der Waals surface area contributed by atoms with Gasteiger partial charge in [0.25, 0.3) is 0 Å². The lowest BCUT2D eigenvalue weighted by molar-refractivity contribution is 0.0781. The highest BCUT2D eigenvalue weighted by atomic mass is 32.3. The second kappa shape index (κ2) is 25.7. The third-order valence-electron chi connectivity index (χ3n) is 4.39. The van der Waals surface area contributed by atoms with Gasteiger partial charge in [-0.3, -0.25) is 13.3 Å². The van der Waals surface area contributed by atoms with E-state index in [-0.39, 0.29) is 38.2 Å². The summed E-state index contributed by atoms with van der Waals surface area (Å²) >= 11 is 0. The Bertz CT molecular complexity index is 387. The molecule has 0 rings (SSSR count). The van der Waals surface area contributed by atoms with Gasteiger partial charge in [0.2, 0.25) is 0 Å². The van der Waals surface area contributed by atoms with Gasteiger partial charge in [-0.1, -0.05) is 71.1 Å². The number of hydrogen-bond donors (Lipinski definition) is 5. The van der Waals surface area contributed by atoms with E-state index in [9.17, 15) is 5.11 Å². The van der Waals surface area contributed by atoms with Gasteiger partial charge >= 0.3 is 0 Å². The second-order valence-electron chi connectivity index (χ2n) is 6.70. The van der Waals surface area contributed by atoms with Crippen LogP contribution in [0.15, 0.2) is 0 Å². The van der Waals surface area contributed by atoms with E-state index in [0.29, 0.717) is 13.1 Å². The van der Waals surface area contributed by atoms with Crippen molar-refractivity contribution in [3.05, 3.63) is 0 Å². The van der Waals surface area contributed by atoms with Gasteiger partial charge in [-0.25, -0.2) is 0 Å². The van der Waals surface area contributed by atoms with Crippen molar-refractivity contribution in [2.24, 2.45) is 0 Å². The molecule has 0 aliphatic rings. The fraction of sp³-hybridized carbons (Fsp3) is 1.00. The third kappa shape index (κ3) is 32.5. The van der Waals surface area contributed by atoms with Crippen LogP contribution in [-0.4, -0.2) is 76.7 Å². The summed E-state index contributed by atoms with van der Waals surface area (Å²) in [6.07, 6.45) is 14.1. The molecule has 0 saturated carbocycles. The second-order valence-corrected chi connectivity index (χ2v) is 7.51. The number of rotatable bonds is 17. The van der Waals surface area contributed by atoms with Gasteiger partial charge in [0, 0.05) is 29.5 Å². The summed E-state index contributed by atoms with van der Waals surface area (Å²) < 4.78 is 34.1. The first-order chi connectivity index (χ1) is 12.8. The maximum atomic E-state index is 9.49. The summed E-state index contributed by atoms with van der Waals surface area (Å²) in [6.45, 7) is 3.58. The third-order valence-corrected chi connectivity index (χ3v) is 4.39. The SMILES string of the molecule is CCCCCCCCCCCCC(CO)N(CCO)CCO.O=S(=O)([O-])[O-].[NH4+].[NH4+]. The lowest BCUT2D eigenvalue weighted by Crippen LogP contribution is -2.41. The molecule has 0 amide bonds. The molecule has 0 aliphatic carbocycles. The van der Waals surface area contributed by atoms with E-state index in [4.69, 9.17) is 27.7 Å². The predicted octanol–water partition coefficient (Wildman–Crippen LogP) is 2.36. The normalized spacial score (nSPS) is 11.8. The van der Waals surface area contributed by atoms with Crippen LogP contribution in [0.3, 0.4) is 0 Å². The van der Waals surface area contributed by atoms with Crippen molar-refractivity contribution in [1.29, 1.82) is 0 Å². The number of nitrogens with zero attached hydrogens (tertiary/aromatic N) is 1. The molecule has 0 radical (unpaired) electrons. The molecule has 1 atom stereocenters. The lowest BCUT2D eigenvalue weighted by atomic mass is 10.0. The van der Waals surface area contributed by atoms with Crippen LogP contribution in [0.25, 0.3) is 0 Å². The van der Waals surface area contributed by atoms with Gasteiger partial charge in [0.05, 0.1) is 19.8 Å². The average Bonchev–Trinajstić information content (AvgIpc) is 2.58. The van der Waals surface area contributed by atoms with Crippen LogP contribution in [0.5, 0.6) is 0 Å². The van der Waals surface area contributed by atoms with Crippen molar-refractivity contribution in [3.8, 4) is 0 Å². The van der Waals surface area contributed by atoms with Crippen LogP contribution in [0.1, 0.15) is 77.6 Å². The van der Waals surface area contributed by atoms with Crippen LogP contribution in [0.4, 0.5) is 0 Å². The molecule has 0 spiro atoms. The minimum atomic E-state index is -5.17. The molecule has 0 fully saturated rings. The minimum Gasteiger partial charge on any atom is -0.759 e. The fourth-order valence-electron chi connectivity index (χ4n) is 2.99. The van der Waals surface area contributed by atoms with E-state index in [2.05, 4.69) is 6.92 Å². The van der Waals surface area contributed by atoms with Crippen molar-refractivity contribution in [3.63, 3.8) is 0 Å². The van der Waals surface area contributed by atoms with Gasteiger partial charge < -0.3 is 36.7 Å². The Morgan fingerprint density at radius 1 is 0.759 bits per heavy atom. The fourth-order valence-corrected chi connectivity index (χ4v) is 2.99. The van der Waals surface area contributed by atoms with E-state index in [0.717, 1.165) is 12.8 Å². The zero-order valence-electron chi connectivity index (χ0n) is 18.7. The van der Waals surface area contributed by atoms with E-state index >= 15 is 0 Å². The predicted molar refractivity (Wildman–Crippen MR) is 116 cm³/mol. The maximum Gasteiger partial charge on any atom is 0.0586 e. The van der Waals surface area contributed by atoms with E-state index in [1.165, 1.54) is 57.8 Å². The van der Waals surface area contributed by atoms with Crippen LogP contribution < -0.4 is 12.3 Å². The van der Waals surface area contributed by atoms with Crippen molar-refractivity contribution >= 4 is 10.4 Å². The Balaban J connectivity index is -0.000000396. The number of hydrogen-bond acceptors (Lipinski definition) is 8. The molecule has 0 aromatic rings. The Kier molecular flexibility index (Phi) is 31.9. The number of aliphatic hydroxyl groups excluding tert-OH is 3. The highest BCUT2D eigenvalue weighted by Crippen LogP contribution is 2.14. The van der Waals surface area contributed by atoms with Crippen molar-refractivity contribution < 1.29 is 32.8 Å². The zero-order chi connectivity index (χ0) is 21.0. The highest BCUT2D eigenvalue weighted by Gasteiger charge is 2.16. The van der Waals surface area contributed by atoms with Crippen LogP contribution >= 0.6 is 0 Å². The molecule has 11 N–H and O–H groups in total. The summed E-state index contributed by atoms with van der Waals surface area (Å²) in [5.74, 6) is 0. The van der Waals surface area contributed by atoms with Gasteiger partial charge in [-0.2, -0.15) is 0 Å². The molecular weight excluding hydrogens is 402 g/mol. The quantitative estimate of drug-likeness (QED) is 0.126. The van der Waals surface area contributed by atoms with Crippen molar-refractivity contribution in [1.82, 2.24) is 17.2 Å². The van der Waals surface area contributed by atoms with Crippen molar-refractivity contribution in [2.75, 3.05) is 32.9 Å². The molecule has 11 heteroatoms. The minimum absolute atomic E-state index is 0. The van der Waals surface area contributed by atoms with E-state index in [1.54, 1.807) is 0 Å². The van der Waals surface area contributed by atoms with Crippen LogP contribution in [0.2, 0.25) is 0 Å². The Morgan fingerprint density at radius 2 is 1.10 bits per heavy atom. The first kappa shape index (κ1) is 36.0. The topological polar surface area (TPSA) is 217 Å². The number of unbranched alkanes of at least 4 members (excludes halogenated alkanes) is 9. The molecule has 10 nitrogen and oxygen atoms in total. The summed E-state index contributed by atoms with van der Waals surface area (Å²) in [7, 11) is -5.17. The Morgan fingerprint density at radius 3 is 1.41 bits per heavy atom. The lowest BCUT2D eigenvalue weighted by Gasteiger charge is -2.29. The van der Waals surface area contributed by atoms with Gasteiger partial charge in [0.1, 0.15) is 0 Å². The van der Waals surface area contributed by atoms with E-state index < -0.39 is 10.4 Å². The molecule has 0 saturated heterocycles. The first-order valence-corrected chi connectivity index (χ1v) is 11.4. The molecular formula is C18H47N3O7S.